The smallest absolute Gasteiger partial charge is 0.00792 e. The fraction of sp³-hybridized carbons (Fsp3) is 1.00. The third-order valence-electron chi connectivity index (χ3n) is 4.33. The Labute approximate surface area is 94.0 Å². The van der Waals surface area contributed by atoms with E-state index >= 15 is 0 Å². The van der Waals surface area contributed by atoms with Gasteiger partial charge in [0.1, 0.15) is 0 Å². The van der Waals surface area contributed by atoms with E-state index in [9.17, 15) is 0 Å². The summed E-state index contributed by atoms with van der Waals surface area (Å²) >= 11 is 0. The molecule has 4 unspecified atom stereocenters. The first-order valence-electron chi connectivity index (χ1n) is 6.74. The fourth-order valence-corrected chi connectivity index (χ4v) is 3.20. The quantitative estimate of drug-likeness (QED) is 0.750. The molecular formula is C13H26N2. The topological polar surface area (TPSA) is 38.0 Å². The highest BCUT2D eigenvalue weighted by molar-refractivity contribution is 4.83. The number of hydrogen-bond donors (Lipinski definition) is 2. The van der Waals surface area contributed by atoms with E-state index in [1.807, 2.05) is 0 Å². The van der Waals surface area contributed by atoms with Crippen LogP contribution in [0.2, 0.25) is 0 Å². The van der Waals surface area contributed by atoms with Crippen LogP contribution in [0.15, 0.2) is 0 Å². The van der Waals surface area contributed by atoms with Crippen molar-refractivity contribution in [1.29, 1.82) is 0 Å². The Kier molecular flexibility index (Phi) is 4.04. The average molecular weight is 210 g/mol. The molecular weight excluding hydrogens is 184 g/mol. The fourth-order valence-electron chi connectivity index (χ4n) is 3.20. The largest absolute Gasteiger partial charge is 0.327 e. The standard InChI is InChI=1S/C13H26N2/c1-10-6-7-12(8-10)15-9-11-4-2-3-5-13(11)14/h10-13,15H,2-9,14H2,1H3. The molecule has 2 aliphatic rings. The molecule has 3 N–H and O–H groups in total. The Hall–Kier alpha value is -0.0800. The number of nitrogens with two attached hydrogens (primary N) is 1. The second kappa shape index (κ2) is 5.31. The van der Waals surface area contributed by atoms with Crippen molar-refractivity contribution in [3.05, 3.63) is 0 Å². The van der Waals surface area contributed by atoms with Gasteiger partial charge in [-0.2, -0.15) is 0 Å². The van der Waals surface area contributed by atoms with Crippen LogP contribution >= 0.6 is 0 Å². The van der Waals surface area contributed by atoms with Crippen LogP contribution in [0, 0.1) is 11.8 Å². The minimum absolute atomic E-state index is 0.463. The molecule has 2 nitrogen and oxygen atoms in total. The molecule has 88 valence electrons. The highest BCUT2D eigenvalue weighted by Crippen LogP contribution is 2.26. The van der Waals surface area contributed by atoms with Crippen molar-refractivity contribution in [2.24, 2.45) is 17.6 Å². The van der Waals surface area contributed by atoms with Crippen molar-refractivity contribution in [3.63, 3.8) is 0 Å². The molecule has 0 aromatic carbocycles. The minimum Gasteiger partial charge on any atom is -0.327 e. The van der Waals surface area contributed by atoms with Gasteiger partial charge in [-0.3, -0.25) is 0 Å². The molecule has 0 aromatic heterocycles. The molecule has 2 rings (SSSR count). The van der Waals surface area contributed by atoms with Gasteiger partial charge >= 0.3 is 0 Å². The van der Waals surface area contributed by atoms with Gasteiger partial charge in [0, 0.05) is 12.1 Å². The summed E-state index contributed by atoms with van der Waals surface area (Å²) in [6.45, 7) is 3.53. The van der Waals surface area contributed by atoms with Crippen LogP contribution in [-0.2, 0) is 0 Å². The van der Waals surface area contributed by atoms with E-state index in [-0.39, 0.29) is 0 Å². The number of rotatable bonds is 3. The van der Waals surface area contributed by atoms with Gasteiger partial charge in [0.15, 0.2) is 0 Å². The Morgan fingerprint density at radius 1 is 1.13 bits per heavy atom. The maximum absolute atomic E-state index is 6.15. The van der Waals surface area contributed by atoms with E-state index in [4.69, 9.17) is 5.73 Å². The molecule has 4 atom stereocenters. The first kappa shape index (κ1) is 11.4. The summed E-state index contributed by atoms with van der Waals surface area (Å²) in [4.78, 5) is 0. The maximum atomic E-state index is 6.15. The second-order valence-corrected chi connectivity index (χ2v) is 5.73. The molecule has 15 heavy (non-hydrogen) atoms. The Balaban J connectivity index is 1.68. The molecule has 0 saturated heterocycles. The minimum atomic E-state index is 0.463. The van der Waals surface area contributed by atoms with E-state index in [0.717, 1.165) is 17.9 Å². The number of nitrogens with one attached hydrogen (secondary N) is 1. The summed E-state index contributed by atoms with van der Waals surface area (Å²) in [6.07, 6.45) is 9.49. The molecule has 2 aliphatic carbocycles. The molecule has 0 spiro atoms. The molecule has 0 radical (unpaired) electrons. The van der Waals surface area contributed by atoms with Gasteiger partial charge in [0.05, 0.1) is 0 Å². The van der Waals surface area contributed by atoms with Crippen LogP contribution in [0.25, 0.3) is 0 Å². The van der Waals surface area contributed by atoms with Crippen LogP contribution in [0.5, 0.6) is 0 Å². The van der Waals surface area contributed by atoms with Crippen molar-refractivity contribution < 1.29 is 0 Å². The lowest BCUT2D eigenvalue weighted by atomic mass is 9.85. The van der Waals surface area contributed by atoms with E-state index in [0.29, 0.717) is 6.04 Å². The van der Waals surface area contributed by atoms with E-state index < -0.39 is 0 Å². The lowest BCUT2D eigenvalue weighted by Crippen LogP contribution is -2.41. The lowest BCUT2D eigenvalue weighted by molar-refractivity contribution is 0.285. The van der Waals surface area contributed by atoms with Crippen LogP contribution in [0.4, 0.5) is 0 Å². The molecule has 0 amide bonds. The first-order chi connectivity index (χ1) is 7.25. The average Bonchev–Trinajstić information content (AvgIpc) is 2.63. The lowest BCUT2D eigenvalue weighted by Gasteiger charge is -2.29. The van der Waals surface area contributed by atoms with Crippen molar-refractivity contribution in [3.8, 4) is 0 Å². The molecule has 0 bridgehead atoms. The van der Waals surface area contributed by atoms with Crippen LogP contribution in [0.1, 0.15) is 51.9 Å². The Morgan fingerprint density at radius 2 is 1.93 bits per heavy atom. The summed E-state index contributed by atoms with van der Waals surface area (Å²) < 4.78 is 0. The van der Waals surface area contributed by atoms with Crippen LogP contribution < -0.4 is 11.1 Å². The highest BCUT2D eigenvalue weighted by Gasteiger charge is 2.25. The van der Waals surface area contributed by atoms with Crippen LogP contribution in [0.3, 0.4) is 0 Å². The predicted octanol–water partition coefficient (Wildman–Crippen LogP) is 2.28. The first-order valence-corrected chi connectivity index (χ1v) is 6.74. The molecule has 2 saturated carbocycles. The Morgan fingerprint density at radius 3 is 2.60 bits per heavy atom. The van der Waals surface area contributed by atoms with E-state index in [1.54, 1.807) is 0 Å². The monoisotopic (exact) mass is 210 g/mol. The zero-order valence-electron chi connectivity index (χ0n) is 10.0. The Bertz CT molecular complexity index is 193. The molecule has 0 heterocycles. The third-order valence-corrected chi connectivity index (χ3v) is 4.33. The molecule has 2 heteroatoms. The van der Waals surface area contributed by atoms with Gasteiger partial charge in [-0.05, 0) is 50.5 Å². The molecule has 2 fully saturated rings. The van der Waals surface area contributed by atoms with Gasteiger partial charge in [0.2, 0.25) is 0 Å². The summed E-state index contributed by atoms with van der Waals surface area (Å²) in [5, 5.41) is 3.73. The summed E-state index contributed by atoms with van der Waals surface area (Å²) in [5.41, 5.74) is 6.15. The third kappa shape index (κ3) is 3.18. The van der Waals surface area contributed by atoms with Gasteiger partial charge < -0.3 is 11.1 Å². The zero-order chi connectivity index (χ0) is 10.7. The van der Waals surface area contributed by atoms with Crippen molar-refractivity contribution in [1.82, 2.24) is 5.32 Å². The van der Waals surface area contributed by atoms with Crippen molar-refractivity contribution in [2.45, 2.75) is 64.0 Å². The van der Waals surface area contributed by atoms with Gasteiger partial charge in [0.25, 0.3) is 0 Å². The highest BCUT2D eigenvalue weighted by atomic mass is 14.9. The maximum Gasteiger partial charge on any atom is 0.00792 e. The SMILES string of the molecule is CC1CCC(NCC2CCCCC2N)C1. The van der Waals surface area contributed by atoms with Gasteiger partial charge in [-0.1, -0.05) is 19.8 Å². The normalized spacial score (nSPS) is 42.0. The summed E-state index contributed by atoms with van der Waals surface area (Å²) in [7, 11) is 0. The predicted molar refractivity (Wildman–Crippen MR) is 64.7 cm³/mol. The summed E-state index contributed by atoms with van der Waals surface area (Å²) in [5.74, 6) is 1.68. The van der Waals surface area contributed by atoms with E-state index in [2.05, 4.69) is 12.2 Å². The molecule has 0 aromatic rings. The van der Waals surface area contributed by atoms with Crippen molar-refractivity contribution >= 4 is 0 Å². The van der Waals surface area contributed by atoms with Crippen molar-refractivity contribution in [2.75, 3.05) is 6.54 Å². The summed E-state index contributed by atoms with van der Waals surface area (Å²) in [6, 6.07) is 1.25. The van der Waals surface area contributed by atoms with Gasteiger partial charge in [-0.15, -0.1) is 0 Å². The van der Waals surface area contributed by atoms with Gasteiger partial charge in [-0.25, -0.2) is 0 Å². The zero-order valence-corrected chi connectivity index (χ0v) is 10.0. The van der Waals surface area contributed by atoms with E-state index in [1.165, 1.54) is 51.5 Å². The number of hydrogen-bond acceptors (Lipinski definition) is 2. The second-order valence-electron chi connectivity index (χ2n) is 5.73. The van der Waals surface area contributed by atoms with Crippen LogP contribution in [-0.4, -0.2) is 18.6 Å². The molecule has 0 aliphatic heterocycles.